The van der Waals surface area contributed by atoms with Gasteiger partial charge in [-0.05, 0) is 12.5 Å². The summed E-state index contributed by atoms with van der Waals surface area (Å²) in [6.45, 7) is 1.84. The number of alkyl halides is 3. The Labute approximate surface area is 118 Å². The van der Waals surface area contributed by atoms with Gasteiger partial charge in [-0.2, -0.15) is 18.2 Å². The first-order chi connectivity index (χ1) is 9.90. The van der Waals surface area contributed by atoms with E-state index in [-0.39, 0.29) is 12.4 Å². The van der Waals surface area contributed by atoms with E-state index in [4.69, 9.17) is 4.52 Å². The average molecular weight is 301 g/mol. The van der Waals surface area contributed by atoms with Crippen molar-refractivity contribution in [3.05, 3.63) is 46.0 Å². The highest BCUT2D eigenvalue weighted by Gasteiger charge is 2.31. The Bertz CT molecular complexity index is 661. The van der Waals surface area contributed by atoms with Crippen LogP contribution in [0.2, 0.25) is 0 Å². The Morgan fingerprint density at radius 3 is 2.76 bits per heavy atom. The van der Waals surface area contributed by atoms with E-state index < -0.39 is 17.3 Å². The van der Waals surface area contributed by atoms with E-state index >= 15 is 0 Å². The summed E-state index contributed by atoms with van der Waals surface area (Å²) < 4.78 is 43.7. The maximum absolute atomic E-state index is 12.6. The molecule has 0 aliphatic heterocycles. The maximum Gasteiger partial charge on any atom is 0.417 e. The lowest BCUT2D eigenvalue weighted by atomic mass is 10.2. The van der Waals surface area contributed by atoms with Gasteiger partial charge in [0.1, 0.15) is 6.54 Å². The molecule has 0 N–H and O–H groups in total. The van der Waals surface area contributed by atoms with Gasteiger partial charge < -0.3 is 9.09 Å². The molecule has 0 spiro atoms. The Balaban J connectivity index is 2.19. The summed E-state index contributed by atoms with van der Waals surface area (Å²) in [7, 11) is 0. The second-order valence-electron chi connectivity index (χ2n) is 4.59. The van der Waals surface area contributed by atoms with Crippen molar-refractivity contribution in [2.24, 2.45) is 0 Å². The van der Waals surface area contributed by atoms with Crippen molar-refractivity contribution in [1.29, 1.82) is 0 Å². The molecule has 2 aromatic heterocycles. The number of hydrogen-bond acceptors (Lipinski definition) is 4. The Morgan fingerprint density at radius 2 is 2.10 bits per heavy atom. The number of hydrogen-bond donors (Lipinski definition) is 0. The van der Waals surface area contributed by atoms with Gasteiger partial charge in [0.15, 0.2) is 5.82 Å². The predicted molar refractivity (Wildman–Crippen MR) is 67.7 cm³/mol. The number of aryl methyl sites for hydroxylation is 1. The minimum atomic E-state index is -4.50. The molecule has 0 fully saturated rings. The van der Waals surface area contributed by atoms with Gasteiger partial charge in [0.2, 0.25) is 5.89 Å². The summed E-state index contributed by atoms with van der Waals surface area (Å²) in [6, 6.07) is 1.62. The lowest BCUT2D eigenvalue weighted by Gasteiger charge is -2.08. The molecule has 0 aromatic carbocycles. The molecule has 2 aromatic rings. The van der Waals surface area contributed by atoms with Gasteiger partial charge in [0.25, 0.3) is 5.56 Å². The SMILES string of the molecule is CCCCc1noc(Cn2cc(C(F)(F)F)ccc2=O)n1. The van der Waals surface area contributed by atoms with E-state index in [1.807, 2.05) is 6.92 Å². The molecule has 2 rings (SSSR count). The van der Waals surface area contributed by atoms with Crippen molar-refractivity contribution in [3.8, 4) is 0 Å². The summed E-state index contributed by atoms with van der Waals surface area (Å²) >= 11 is 0. The number of nitrogens with zero attached hydrogens (tertiary/aromatic N) is 3. The maximum atomic E-state index is 12.6. The standard InChI is InChI=1S/C13H14F3N3O2/c1-2-3-4-10-17-11(21-18-10)8-19-7-9(13(14,15)16)5-6-12(19)20/h5-7H,2-4,8H2,1H3. The Morgan fingerprint density at radius 1 is 1.33 bits per heavy atom. The van der Waals surface area contributed by atoms with Gasteiger partial charge in [-0.3, -0.25) is 4.79 Å². The summed E-state index contributed by atoms with van der Waals surface area (Å²) in [4.78, 5) is 15.6. The smallest absolute Gasteiger partial charge is 0.337 e. The van der Waals surface area contributed by atoms with Crippen LogP contribution in [0.3, 0.4) is 0 Å². The molecule has 0 radical (unpaired) electrons. The number of pyridine rings is 1. The van der Waals surface area contributed by atoms with Crippen molar-refractivity contribution in [3.63, 3.8) is 0 Å². The molecule has 2 heterocycles. The third kappa shape index (κ3) is 3.93. The van der Waals surface area contributed by atoms with E-state index in [0.29, 0.717) is 12.2 Å². The molecule has 8 heteroatoms. The summed E-state index contributed by atoms with van der Waals surface area (Å²) in [5.74, 6) is 0.606. The van der Waals surface area contributed by atoms with Crippen LogP contribution in [0.25, 0.3) is 0 Å². The minimum absolute atomic E-state index is 0.113. The summed E-state index contributed by atoms with van der Waals surface area (Å²) in [6.07, 6.45) is -1.26. The number of halogens is 3. The lowest BCUT2D eigenvalue weighted by molar-refractivity contribution is -0.138. The monoisotopic (exact) mass is 301 g/mol. The molecule has 0 saturated carbocycles. The normalized spacial score (nSPS) is 11.8. The molecule has 0 atom stereocenters. The average Bonchev–Trinajstić information content (AvgIpc) is 2.85. The zero-order valence-corrected chi connectivity index (χ0v) is 11.4. The van der Waals surface area contributed by atoms with E-state index in [1.54, 1.807) is 0 Å². The fraction of sp³-hybridized carbons (Fsp3) is 0.462. The quantitative estimate of drug-likeness (QED) is 0.851. The molecule has 0 saturated heterocycles. The highest BCUT2D eigenvalue weighted by Crippen LogP contribution is 2.28. The van der Waals surface area contributed by atoms with Crippen LogP contribution < -0.4 is 5.56 Å². The van der Waals surface area contributed by atoms with E-state index in [2.05, 4.69) is 10.1 Å². The van der Waals surface area contributed by atoms with Gasteiger partial charge in [-0.25, -0.2) is 0 Å². The van der Waals surface area contributed by atoms with Crippen LogP contribution in [-0.2, 0) is 19.1 Å². The molecule has 0 amide bonds. The molecular formula is C13H14F3N3O2. The van der Waals surface area contributed by atoms with Gasteiger partial charge in [0.05, 0.1) is 5.56 Å². The molecule has 0 aliphatic rings. The van der Waals surface area contributed by atoms with Gasteiger partial charge >= 0.3 is 6.18 Å². The third-order valence-corrected chi connectivity index (χ3v) is 2.88. The summed E-state index contributed by atoms with van der Waals surface area (Å²) in [5, 5.41) is 3.73. The highest BCUT2D eigenvalue weighted by molar-refractivity contribution is 5.14. The zero-order valence-electron chi connectivity index (χ0n) is 11.4. The third-order valence-electron chi connectivity index (χ3n) is 2.88. The fourth-order valence-corrected chi connectivity index (χ4v) is 1.76. The Hall–Kier alpha value is -2.12. The van der Waals surface area contributed by atoms with Crippen molar-refractivity contribution < 1.29 is 17.7 Å². The van der Waals surface area contributed by atoms with Crippen LogP contribution in [0.5, 0.6) is 0 Å². The van der Waals surface area contributed by atoms with E-state index in [1.165, 1.54) is 0 Å². The topological polar surface area (TPSA) is 60.9 Å². The molecule has 0 unspecified atom stereocenters. The molecular weight excluding hydrogens is 287 g/mol. The summed E-state index contributed by atoms with van der Waals surface area (Å²) in [5.41, 5.74) is -1.45. The van der Waals surface area contributed by atoms with E-state index in [0.717, 1.165) is 35.7 Å². The molecule has 5 nitrogen and oxygen atoms in total. The van der Waals surface area contributed by atoms with Crippen LogP contribution in [0, 0.1) is 0 Å². The van der Waals surface area contributed by atoms with Crippen LogP contribution in [-0.4, -0.2) is 14.7 Å². The van der Waals surface area contributed by atoms with Gasteiger partial charge in [-0.1, -0.05) is 18.5 Å². The molecule has 114 valence electrons. The fourth-order valence-electron chi connectivity index (χ4n) is 1.76. The highest BCUT2D eigenvalue weighted by atomic mass is 19.4. The van der Waals surface area contributed by atoms with Gasteiger partial charge in [0, 0.05) is 18.7 Å². The number of rotatable bonds is 5. The first-order valence-electron chi connectivity index (χ1n) is 6.49. The minimum Gasteiger partial charge on any atom is -0.337 e. The van der Waals surface area contributed by atoms with Crippen LogP contribution >= 0.6 is 0 Å². The largest absolute Gasteiger partial charge is 0.417 e. The van der Waals surface area contributed by atoms with Crippen molar-refractivity contribution in [2.45, 2.75) is 38.9 Å². The Kier molecular flexibility index (Phi) is 4.44. The number of aromatic nitrogens is 3. The first-order valence-corrected chi connectivity index (χ1v) is 6.49. The molecule has 21 heavy (non-hydrogen) atoms. The van der Waals surface area contributed by atoms with Crippen molar-refractivity contribution in [1.82, 2.24) is 14.7 Å². The number of unbranched alkanes of at least 4 members (excludes halogenated alkanes) is 1. The second kappa shape index (κ2) is 6.11. The predicted octanol–water partition coefficient (Wildman–Crippen LogP) is 2.64. The zero-order chi connectivity index (χ0) is 15.5. The van der Waals surface area contributed by atoms with Crippen LogP contribution in [0.15, 0.2) is 27.6 Å². The van der Waals surface area contributed by atoms with Crippen LogP contribution in [0.1, 0.15) is 37.0 Å². The second-order valence-corrected chi connectivity index (χ2v) is 4.59. The van der Waals surface area contributed by atoms with Crippen molar-refractivity contribution in [2.75, 3.05) is 0 Å². The van der Waals surface area contributed by atoms with E-state index in [9.17, 15) is 18.0 Å². The van der Waals surface area contributed by atoms with Crippen LogP contribution in [0.4, 0.5) is 13.2 Å². The first kappa shape index (κ1) is 15.3. The molecule has 0 bridgehead atoms. The molecule has 0 aliphatic carbocycles. The van der Waals surface area contributed by atoms with Crippen molar-refractivity contribution >= 4 is 0 Å². The lowest BCUT2D eigenvalue weighted by Crippen LogP contribution is -2.22. The van der Waals surface area contributed by atoms with Gasteiger partial charge in [-0.15, -0.1) is 0 Å².